The van der Waals surface area contributed by atoms with Crippen molar-refractivity contribution in [2.45, 2.75) is 40.3 Å². The van der Waals surface area contributed by atoms with Crippen LogP contribution in [0.2, 0.25) is 0 Å². The molecule has 0 bridgehead atoms. The molecule has 2 aliphatic rings. The Bertz CT molecular complexity index is 614. The summed E-state index contributed by atoms with van der Waals surface area (Å²) in [5.74, 6) is 1.05. The first-order chi connectivity index (χ1) is 12.6. The van der Waals surface area contributed by atoms with Gasteiger partial charge in [0.1, 0.15) is 0 Å². The molecule has 0 aromatic heterocycles. The molecule has 152 valence electrons. The molecule has 0 aliphatic carbocycles. The predicted molar refractivity (Wildman–Crippen MR) is 123 cm³/mol. The predicted octanol–water partition coefficient (Wildman–Crippen LogP) is 3.33. The Morgan fingerprint density at radius 1 is 1.19 bits per heavy atom. The topological polar surface area (TPSA) is 40.1 Å². The van der Waals surface area contributed by atoms with E-state index in [2.05, 4.69) is 60.2 Å². The van der Waals surface area contributed by atoms with Crippen LogP contribution in [0.1, 0.15) is 38.3 Å². The van der Waals surface area contributed by atoms with E-state index >= 15 is 0 Å². The Kier molecular flexibility index (Phi) is 8.82. The van der Waals surface area contributed by atoms with Crippen molar-refractivity contribution in [3.8, 4) is 0 Å². The molecule has 6 heteroatoms. The number of halogens is 1. The van der Waals surface area contributed by atoms with Gasteiger partial charge in [-0.1, -0.05) is 38.1 Å². The fourth-order valence-corrected chi connectivity index (χ4v) is 3.73. The number of hydrogen-bond donors (Lipinski definition) is 1. The highest BCUT2D eigenvalue weighted by atomic mass is 127. The number of likely N-dealkylation sites (tertiary alicyclic amines) is 1. The fraction of sp³-hybridized carbons (Fsp3) is 0.667. The van der Waals surface area contributed by atoms with Crippen molar-refractivity contribution < 1.29 is 4.74 Å². The van der Waals surface area contributed by atoms with Crippen LogP contribution < -0.4 is 5.32 Å². The third-order valence-electron chi connectivity index (χ3n) is 5.22. The quantitative estimate of drug-likeness (QED) is 0.394. The first-order valence-corrected chi connectivity index (χ1v) is 9.97. The molecule has 1 aromatic carbocycles. The summed E-state index contributed by atoms with van der Waals surface area (Å²) in [5.41, 5.74) is 3.03. The Labute approximate surface area is 181 Å². The third kappa shape index (κ3) is 6.91. The molecule has 0 radical (unpaired) electrons. The lowest BCUT2D eigenvalue weighted by atomic mass is 9.93. The van der Waals surface area contributed by atoms with Crippen molar-refractivity contribution in [2.24, 2.45) is 10.4 Å². The van der Waals surface area contributed by atoms with Gasteiger partial charge in [-0.15, -0.1) is 24.0 Å². The van der Waals surface area contributed by atoms with Gasteiger partial charge in [-0.3, -0.25) is 4.90 Å². The first-order valence-electron chi connectivity index (χ1n) is 9.97. The van der Waals surface area contributed by atoms with Crippen LogP contribution in [0.5, 0.6) is 0 Å². The molecule has 1 N–H and O–H groups in total. The van der Waals surface area contributed by atoms with E-state index in [1.807, 2.05) is 0 Å². The molecule has 0 spiro atoms. The maximum Gasteiger partial charge on any atom is 0.194 e. The van der Waals surface area contributed by atoms with Crippen molar-refractivity contribution in [3.05, 3.63) is 35.4 Å². The fourth-order valence-electron chi connectivity index (χ4n) is 3.73. The van der Waals surface area contributed by atoms with Crippen LogP contribution >= 0.6 is 24.0 Å². The zero-order chi connectivity index (χ0) is 18.4. The second kappa shape index (κ2) is 10.6. The van der Waals surface area contributed by atoms with Crippen LogP contribution in [-0.2, 0) is 17.8 Å². The summed E-state index contributed by atoms with van der Waals surface area (Å²) in [7, 11) is 0. The van der Waals surface area contributed by atoms with Crippen molar-refractivity contribution in [1.82, 2.24) is 15.1 Å². The van der Waals surface area contributed by atoms with Crippen molar-refractivity contribution >= 4 is 29.9 Å². The van der Waals surface area contributed by atoms with E-state index in [1.54, 1.807) is 0 Å². The maximum absolute atomic E-state index is 5.44. The molecule has 2 aliphatic heterocycles. The highest BCUT2D eigenvalue weighted by Crippen LogP contribution is 2.28. The van der Waals surface area contributed by atoms with Crippen LogP contribution in [0.15, 0.2) is 29.3 Å². The minimum absolute atomic E-state index is 0. The SMILES string of the molecule is CCNC(=NCc1cccc(CN2CCOCC2)c1)N1CCC(C)(C)C1.I. The summed E-state index contributed by atoms with van der Waals surface area (Å²) < 4.78 is 5.44. The maximum atomic E-state index is 5.44. The van der Waals surface area contributed by atoms with Crippen LogP contribution in [-0.4, -0.2) is 61.7 Å². The Morgan fingerprint density at radius 2 is 1.93 bits per heavy atom. The summed E-state index contributed by atoms with van der Waals surface area (Å²) in [6, 6.07) is 8.86. The molecule has 2 saturated heterocycles. The summed E-state index contributed by atoms with van der Waals surface area (Å²) in [6.45, 7) is 15.4. The molecule has 0 saturated carbocycles. The van der Waals surface area contributed by atoms with Crippen LogP contribution in [0.25, 0.3) is 0 Å². The number of nitrogens with zero attached hydrogens (tertiary/aromatic N) is 3. The molecule has 2 fully saturated rings. The molecule has 2 heterocycles. The van der Waals surface area contributed by atoms with Crippen LogP contribution in [0.3, 0.4) is 0 Å². The molecule has 0 unspecified atom stereocenters. The Morgan fingerprint density at radius 3 is 2.59 bits per heavy atom. The van der Waals surface area contributed by atoms with Crippen LogP contribution in [0.4, 0.5) is 0 Å². The average Bonchev–Trinajstić information content (AvgIpc) is 2.99. The number of hydrogen-bond acceptors (Lipinski definition) is 3. The Hall–Kier alpha value is -0.860. The van der Waals surface area contributed by atoms with Crippen LogP contribution in [0, 0.1) is 5.41 Å². The first kappa shape index (κ1) is 22.4. The lowest BCUT2D eigenvalue weighted by Crippen LogP contribution is -2.40. The van der Waals surface area contributed by atoms with Gasteiger partial charge in [-0.25, -0.2) is 4.99 Å². The van der Waals surface area contributed by atoms with Crippen molar-refractivity contribution in [1.29, 1.82) is 0 Å². The van der Waals surface area contributed by atoms with E-state index < -0.39 is 0 Å². The minimum Gasteiger partial charge on any atom is -0.379 e. The van der Waals surface area contributed by atoms with E-state index in [1.165, 1.54) is 17.5 Å². The molecule has 27 heavy (non-hydrogen) atoms. The third-order valence-corrected chi connectivity index (χ3v) is 5.22. The minimum atomic E-state index is 0. The van der Waals surface area contributed by atoms with Gasteiger partial charge in [0, 0.05) is 39.3 Å². The van der Waals surface area contributed by atoms with E-state index in [9.17, 15) is 0 Å². The van der Waals surface area contributed by atoms with Gasteiger partial charge in [0.05, 0.1) is 19.8 Å². The average molecular weight is 486 g/mol. The zero-order valence-electron chi connectivity index (χ0n) is 17.0. The molecule has 1 aromatic rings. The summed E-state index contributed by atoms with van der Waals surface area (Å²) >= 11 is 0. The van der Waals surface area contributed by atoms with E-state index in [0.717, 1.165) is 65.0 Å². The van der Waals surface area contributed by atoms with E-state index in [4.69, 9.17) is 9.73 Å². The zero-order valence-corrected chi connectivity index (χ0v) is 19.4. The lowest BCUT2D eigenvalue weighted by molar-refractivity contribution is 0.0342. The monoisotopic (exact) mass is 486 g/mol. The number of nitrogens with one attached hydrogen (secondary N) is 1. The molecular formula is C21H35IN4O. The van der Waals surface area contributed by atoms with Gasteiger partial charge in [-0.05, 0) is 29.9 Å². The summed E-state index contributed by atoms with van der Waals surface area (Å²) in [5, 5.41) is 3.47. The lowest BCUT2D eigenvalue weighted by Gasteiger charge is -2.26. The largest absolute Gasteiger partial charge is 0.379 e. The van der Waals surface area contributed by atoms with Crippen molar-refractivity contribution in [2.75, 3.05) is 45.9 Å². The smallest absolute Gasteiger partial charge is 0.194 e. The number of morpholine rings is 1. The van der Waals surface area contributed by atoms with E-state index in [-0.39, 0.29) is 24.0 Å². The standard InChI is InChI=1S/C21H34N4O.HI/c1-4-22-20(25-9-8-21(2,3)17-25)23-15-18-6-5-7-19(14-18)16-24-10-12-26-13-11-24;/h5-7,14H,4,8-13,15-17H2,1-3H3,(H,22,23);1H. The highest BCUT2D eigenvalue weighted by Gasteiger charge is 2.30. The highest BCUT2D eigenvalue weighted by molar-refractivity contribution is 14.0. The molecule has 5 nitrogen and oxygen atoms in total. The normalized spacial score (nSPS) is 20.4. The summed E-state index contributed by atoms with van der Waals surface area (Å²) in [4.78, 5) is 9.78. The van der Waals surface area contributed by atoms with E-state index in [0.29, 0.717) is 5.41 Å². The van der Waals surface area contributed by atoms with Gasteiger partial charge in [0.25, 0.3) is 0 Å². The second-order valence-electron chi connectivity index (χ2n) is 8.21. The van der Waals surface area contributed by atoms with Gasteiger partial charge >= 0.3 is 0 Å². The Balaban J connectivity index is 0.00000261. The number of guanidine groups is 1. The number of aliphatic imine (C=N–C) groups is 1. The van der Waals surface area contributed by atoms with Gasteiger partial charge in [-0.2, -0.15) is 0 Å². The number of benzene rings is 1. The number of ether oxygens (including phenoxy) is 1. The molecule has 3 rings (SSSR count). The summed E-state index contributed by atoms with van der Waals surface area (Å²) in [6.07, 6.45) is 1.23. The van der Waals surface area contributed by atoms with Gasteiger partial charge in [0.15, 0.2) is 5.96 Å². The second-order valence-corrected chi connectivity index (χ2v) is 8.21. The van der Waals surface area contributed by atoms with Gasteiger partial charge < -0.3 is 15.0 Å². The molecular weight excluding hydrogens is 451 g/mol. The van der Waals surface area contributed by atoms with Gasteiger partial charge in [0.2, 0.25) is 0 Å². The molecule has 0 atom stereocenters. The molecule has 0 amide bonds. The number of rotatable bonds is 5. The van der Waals surface area contributed by atoms with Crippen molar-refractivity contribution in [3.63, 3.8) is 0 Å².